The van der Waals surface area contributed by atoms with E-state index in [4.69, 9.17) is 0 Å². The Morgan fingerprint density at radius 2 is 2.09 bits per heavy atom. The largest absolute Gasteiger partial charge is 0.298 e. The van der Waals surface area contributed by atoms with Crippen molar-refractivity contribution in [2.45, 2.75) is 45.2 Å². The molecule has 2 heterocycles. The number of carbonyl (C=O) groups excluding carboxylic acids is 1. The predicted molar refractivity (Wildman–Crippen MR) is 89.4 cm³/mol. The average molecular weight is 312 g/mol. The third-order valence-corrected chi connectivity index (χ3v) is 4.62. The molecule has 1 atom stereocenters. The molecule has 1 unspecified atom stereocenters. The van der Waals surface area contributed by atoms with Gasteiger partial charge < -0.3 is 0 Å². The molecule has 0 radical (unpaired) electrons. The molecular weight excluding hydrogens is 288 g/mol. The Morgan fingerprint density at radius 1 is 1.26 bits per heavy atom. The fourth-order valence-corrected chi connectivity index (χ4v) is 3.24. The first-order chi connectivity index (χ1) is 11.2. The monoisotopic (exact) mass is 312 g/mol. The lowest BCUT2D eigenvalue weighted by atomic mass is 10.0. The Kier molecular flexibility index (Phi) is 5.18. The molecule has 2 aromatic rings. The van der Waals surface area contributed by atoms with E-state index in [1.54, 1.807) is 6.20 Å². The summed E-state index contributed by atoms with van der Waals surface area (Å²) in [6, 6.07) is 8.32. The van der Waals surface area contributed by atoms with E-state index in [0.717, 1.165) is 25.2 Å². The van der Waals surface area contributed by atoms with Gasteiger partial charge in [-0.2, -0.15) is 0 Å². The van der Waals surface area contributed by atoms with Crippen molar-refractivity contribution < 1.29 is 4.79 Å². The number of aromatic nitrogens is 3. The molecule has 1 fully saturated rings. The molecule has 0 N–H and O–H groups in total. The minimum absolute atomic E-state index is 0.232. The third kappa shape index (κ3) is 4.26. The first-order valence-corrected chi connectivity index (χ1v) is 8.40. The normalized spacial score (nSPS) is 18.9. The molecule has 0 amide bonds. The summed E-state index contributed by atoms with van der Waals surface area (Å²) in [5.74, 6) is 0.232. The van der Waals surface area contributed by atoms with Crippen LogP contribution in [0.3, 0.4) is 0 Å². The molecule has 5 nitrogen and oxygen atoms in total. The van der Waals surface area contributed by atoms with Gasteiger partial charge in [0, 0.05) is 30.8 Å². The lowest BCUT2D eigenvalue weighted by Crippen LogP contribution is -2.43. The molecule has 23 heavy (non-hydrogen) atoms. The molecule has 1 saturated heterocycles. The highest BCUT2D eigenvalue weighted by atomic mass is 16.1. The van der Waals surface area contributed by atoms with Gasteiger partial charge >= 0.3 is 0 Å². The Labute approximate surface area is 137 Å². The average Bonchev–Trinajstić information content (AvgIpc) is 3.07. The van der Waals surface area contributed by atoms with Crippen molar-refractivity contribution in [1.82, 2.24) is 19.9 Å². The smallest absolute Gasteiger partial charge is 0.164 e. The summed E-state index contributed by atoms with van der Waals surface area (Å²) in [4.78, 5) is 14.8. The van der Waals surface area contributed by atoms with Crippen molar-refractivity contribution in [1.29, 1.82) is 0 Å². The lowest BCUT2D eigenvalue weighted by molar-refractivity contribution is 0.0907. The highest BCUT2D eigenvalue weighted by Gasteiger charge is 2.23. The molecule has 1 aromatic carbocycles. The Hall–Kier alpha value is -2.01. The zero-order chi connectivity index (χ0) is 16.1. The number of likely N-dealkylation sites (tertiary alicyclic amines) is 1. The molecule has 1 aromatic heterocycles. The molecule has 0 spiro atoms. The Balaban J connectivity index is 1.56. The molecule has 1 aliphatic rings. The van der Waals surface area contributed by atoms with Gasteiger partial charge in [-0.25, -0.2) is 0 Å². The van der Waals surface area contributed by atoms with Gasteiger partial charge in [0.05, 0.1) is 12.7 Å². The van der Waals surface area contributed by atoms with Crippen LogP contribution in [0, 0.1) is 6.92 Å². The van der Waals surface area contributed by atoms with E-state index in [2.05, 4.69) is 15.2 Å². The van der Waals surface area contributed by atoms with E-state index in [1.165, 1.54) is 24.8 Å². The summed E-state index contributed by atoms with van der Waals surface area (Å²) in [6.45, 7) is 4.79. The number of carbonyl (C=O) groups is 1. The second-order valence-electron chi connectivity index (χ2n) is 6.35. The number of benzene rings is 1. The summed E-state index contributed by atoms with van der Waals surface area (Å²) >= 11 is 0. The van der Waals surface area contributed by atoms with Crippen LogP contribution in [-0.2, 0) is 6.54 Å². The van der Waals surface area contributed by atoms with Gasteiger partial charge in [0.25, 0.3) is 0 Å². The van der Waals surface area contributed by atoms with E-state index in [0.29, 0.717) is 12.5 Å². The van der Waals surface area contributed by atoms with Crippen molar-refractivity contribution in [3.05, 3.63) is 47.8 Å². The SMILES string of the molecule is Cc1ccc(C(=O)CCN2CCCCC2Cn2ccnn2)cc1. The lowest BCUT2D eigenvalue weighted by Gasteiger charge is -2.35. The molecule has 1 aliphatic heterocycles. The number of hydrogen-bond acceptors (Lipinski definition) is 4. The highest BCUT2D eigenvalue weighted by molar-refractivity contribution is 5.96. The van der Waals surface area contributed by atoms with Gasteiger partial charge in [0.15, 0.2) is 5.78 Å². The van der Waals surface area contributed by atoms with Crippen LogP contribution in [0.15, 0.2) is 36.7 Å². The van der Waals surface area contributed by atoms with Crippen LogP contribution in [-0.4, -0.2) is 44.8 Å². The molecule has 0 saturated carbocycles. The maximum absolute atomic E-state index is 12.4. The maximum atomic E-state index is 12.4. The van der Waals surface area contributed by atoms with Crippen LogP contribution >= 0.6 is 0 Å². The zero-order valence-electron chi connectivity index (χ0n) is 13.7. The van der Waals surface area contributed by atoms with Gasteiger partial charge in [-0.3, -0.25) is 14.4 Å². The van der Waals surface area contributed by atoms with E-state index < -0.39 is 0 Å². The zero-order valence-corrected chi connectivity index (χ0v) is 13.7. The van der Waals surface area contributed by atoms with Crippen LogP contribution in [0.2, 0.25) is 0 Å². The van der Waals surface area contributed by atoms with Crippen LogP contribution in [0.5, 0.6) is 0 Å². The fraction of sp³-hybridized carbons (Fsp3) is 0.500. The summed E-state index contributed by atoms with van der Waals surface area (Å²) in [6.07, 6.45) is 7.84. The van der Waals surface area contributed by atoms with E-state index in [1.807, 2.05) is 42.1 Å². The van der Waals surface area contributed by atoms with Gasteiger partial charge in [0.2, 0.25) is 0 Å². The molecule has 122 valence electrons. The van der Waals surface area contributed by atoms with Gasteiger partial charge in [-0.05, 0) is 26.3 Å². The van der Waals surface area contributed by atoms with Crippen LogP contribution in [0.25, 0.3) is 0 Å². The van der Waals surface area contributed by atoms with Crippen molar-refractivity contribution >= 4 is 5.78 Å². The quantitative estimate of drug-likeness (QED) is 0.770. The van der Waals surface area contributed by atoms with Gasteiger partial charge in [0.1, 0.15) is 0 Å². The van der Waals surface area contributed by atoms with Gasteiger partial charge in [-0.15, -0.1) is 5.10 Å². The maximum Gasteiger partial charge on any atom is 0.164 e. The van der Waals surface area contributed by atoms with Gasteiger partial charge in [-0.1, -0.05) is 41.5 Å². The van der Waals surface area contributed by atoms with Crippen molar-refractivity contribution in [3.8, 4) is 0 Å². The fourth-order valence-electron chi connectivity index (χ4n) is 3.24. The van der Waals surface area contributed by atoms with Crippen LogP contribution < -0.4 is 0 Å². The summed E-state index contributed by atoms with van der Waals surface area (Å²) in [7, 11) is 0. The first kappa shape index (κ1) is 15.9. The topological polar surface area (TPSA) is 51.0 Å². The predicted octanol–water partition coefficient (Wildman–Crippen LogP) is 2.71. The minimum Gasteiger partial charge on any atom is -0.298 e. The number of hydrogen-bond donors (Lipinski definition) is 0. The first-order valence-electron chi connectivity index (χ1n) is 8.40. The second-order valence-corrected chi connectivity index (χ2v) is 6.35. The van der Waals surface area contributed by atoms with E-state index >= 15 is 0 Å². The third-order valence-electron chi connectivity index (χ3n) is 4.62. The molecular formula is C18H24N4O. The summed E-state index contributed by atoms with van der Waals surface area (Å²) < 4.78 is 1.89. The van der Waals surface area contributed by atoms with Crippen LogP contribution in [0.1, 0.15) is 41.6 Å². The van der Waals surface area contributed by atoms with E-state index in [-0.39, 0.29) is 5.78 Å². The van der Waals surface area contributed by atoms with Crippen molar-refractivity contribution in [2.24, 2.45) is 0 Å². The molecule has 0 bridgehead atoms. The number of nitrogens with zero attached hydrogens (tertiary/aromatic N) is 4. The van der Waals surface area contributed by atoms with E-state index in [9.17, 15) is 4.79 Å². The standard InChI is InChI=1S/C18H24N4O/c1-15-5-7-16(8-6-15)18(23)9-12-21-11-3-2-4-17(21)14-22-13-10-19-20-22/h5-8,10,13,17H,2-4,9,11-12,14H2,1H3. The summed E-state index contributed by atoms with van der Waals surface area (Å²) in [5.41, 5.74) is 2.01. The summed E-state index contributed by atoms with van der Waals surface area (Å²) in [5, 5.41) is 7.94. The molecule has 3 rings (SSSR count). The minimum atomic E-state index is 0.232. The number of ketones is 1. The second kappa shape index (κ2) is 7.51. The Bertz CT molecular complexity index is 621. The number of Topliss-reactive ketones (excluding diaryl/α,β-unsaturated/α-hetero) is 1. The van der Waals surface area contributed by atoms with Crippen molar-refractivity contribution in [3.63, 3.8) is 0 Å². The highest BCUT2D eigenvalue weighted by Crippen LogP contribution is 2.19. The molecule has 5 heteroatoms. The molecule has 0 aliphatic carbocycles. The Morgan fingerprint density at radius 3 is 2.83 bits per heavy atom. The number of rotatable bonds is 6. The number of piperidine rings is 1. The van der Waals surface area contributed by atoms with Crippen LogP contribution in [0.4, 0.5) is 0 Å². The number of aryl methyl sites for hydroxylation is 1. The van der Waals surface area contributed by atoms with Crippen molar-refractivity contribution in [2.75, 3.05) is 13.1 Å².